The Balaban J connectivity index is 1.34. The third-order valence-corrected chi connectivity index (χ3v) is 5.96. The number of fused-ring (bicyclic) bond motifs is 1. The number of nitrogens with zero attached hydrogens (tertiary/aromatic N) is 2. The van der Waals surface area contributed by atoms with Crippen LogP contribution in [0.15, 0.2) is 42.5 Å². The van der Waals surface area contributed by atoms with E-state index in [0.29, 0.717) is 29.5 Å². The molecule has 7 heteroatoms. The summed E-state index contributed by atoms with van der Waals surface area (Å²) in [5, 5.41) is 3.41. The summed E-state index contributed by atoms with van der Waals surface area (Å²) in [6.07, 6.45) is 1.64. The highest BCUT2D eigenvalue weighted by molar-refractivity contribution is 7.20. The van der Waals surface area contributed by atoms with Crippen molar-refractivity contribution in [2.45, 2.75) is 32.8 Å². The van der Waals surface area contributed by atoms with Gasteiger partial charge in [-0.1, -0.05) is 23.5 Å². The van der Waals surface area contributed by atoms with Crippen molar-refractivity contribution in [1.82, 2.24) is 9.88 Å². The Labute approximate surface area is 173 Å². The van der Waals surface area contributed by atoms with Crippen LogP contribution in [-0.2, 0) is 4.79 Å². The molecule has 3 aromatic rings. The number of ether oxygens (including phenoxy) is 1. The minimum Gasteiger partial charge on any atom is -0.467 e. The maximum atomic E-state index is 12.7. The van der Waals surface area contributed by atoms with E-state index in [4.69, 9.17) is 4.74 Å². The van der Waals surface area contributed by atoms with Gasteiger partial charge in [0, 0.05) is 44.1 Å². The van der Waals surface area contributed by atoms with Crippen molar-refractivity contribution in [2.75, 3.05) is 18.4 Å². The Morgan fingerprint density at radius 1 is 1.14 bits per heavy atom. The maximum Gasteiger partial charge on any atom is 0.274 e. The molecule has 0 bridgehead atoms. The standard InChI is InChI=1S/C22H23N3O3S/c1-14-4-3-5-19-20(14)24-22(29-19)28-18-10-12-25(13-11-18)21(27)16-6-8-17(9-7-16)23-15(2)26/h3-9,18H,10-13H2,1-2H3,(H,23,26). The smallest absolute Gasteiger partial charge is 0.274 e. The molecule has 1 aromatic heterocycles. The van der Waals surface area contributed by atoms with Crippen LogP contribution in [0.2, 0.25) is 0 Å². The normalized spacial score (nSPS) is 14.8. The minimum absolute atomic E-state index is 0.00781. The van der Waals surface area contributed by atoms with Gasteiger partial charge in [0.05, 0.1) is 10.2 Å². The van der Waals surface area contributed by atoms with Gasteiger partial charge in [-0.2, -0.15) is 0 Å². The number of thiazole rings is 1. The quantitative estimate of drug-likeness (QED) is 0.699. The highest BCUT2D eigenvalue weighted by Gasteiger charge is 2.25. The van der Waals surface area contributed by atoms with E-state index in [0.717, 1.165) is 28.6 Å². The van der Waals surface area contributed by atoms with Gasteiger partial charge in [0.25, 0.3) is 11.1 Å². The van der Waals surface area contributed by atoms with Gasteiger partial charge in [0.15, 0.2) is 0 Å². The van der Waals surface area contributed by atoms with Crippen molar-refractivity contribution in [3.05, 3.63) is 53.6 Å². The molecule has 6 nitrogen and oxygen atoms in total. The second kappa shape index (κ2) is 8.21. The number of aryl methyl sites for hydroxylation is 1. The van der Waals surface area contributed by atoms with Crippen LogP contribution in [0.1, 0.15) is 35.7 Å². The number of carbonyl (C=O) groups excluding carboxylic acids is 2. The first kappa shape index (κ1) is 19.4. The lowest BCUT2D eigenvalue weighted by atomic mass is 10.1. The third-order valence-electron chi connectivity index (χ3n) is 5.05. The molecule has 2 amide bonds. The third kappa shape index (κ3) is 4.40. The SMILES string of the molecule is CC(=O)Nc1ccc(C(=O)N2CCC(Oc3nc4c(C)cccc4s3)CC2)cc1. The first-order valence-corrected chi connectivity index (χ1v) is 10.5. The van der Waals surface area contributed by atoms with Crippen LogP contribution < -0.4 is 10.1 Å². The van der Waals surface area contributed by atoms with Crippen molar-refractivity contribution in [1.29, 1.82) is 0 Å². The van der Waals surface area contributed by atoms with E-state index in [-0.39, 0.29) is 17.9 Å². The van der Waals surface area contributed by atoms with E-state index in [2.05, 4.69) is 29.4 Å². The first-order valence-electron chi connectivity index (χ1n) is 9.69. The lowest BCUT2D eigenvalue weighted by Gasteiger charge is -2.31. The zero-order valence-corrected chi connectivity index (χ0v) is 17.3. The van der Waals surface area contributed by atoms with Crippen molar-refractivity contribution >= 4 is 39.1 Å². The van der Waals surface area contributed by atoms with Gasteiger partial charge >= 0.3 is 0 Å². The van der Waals surface area contributed by atoms with Crippen LogP contribution in [0.3, 0.4) is 0 Å². The number of rotatable bonds is 4. The highest BCUT2D eigenvalue weighted by Crippen LogP contribution is 2.31. The van der Waals surface area contributed by atoms with Crippen molar-refractivity contribution in [2.24, 2.45) is 0 Å². The summed E-state index contributed by atoms with van der Waals surface area (Å²) in [5.41, 5.74) is 3.47. The molecule has 1 fully saturated rings. The van der Waals surface area contributed by atoms with Crippen molar-refractivity contribution in [3.8, 4) is 5.19 Å². The zero-order chi connectivity index (χ0) is 20.4. The predicted molar refractivity (Wildman–Crippen MR) is 115 cm³/mol. The summed E-state index contributed by atoms with van der Waals surface area (Å²) < 4.78 is 7.25. The molecule has 2 heterocycles. The molecule has 1 N–H and O–H groups in total. The second-order valence-electron chi connectivity index (χ2n) is 7.27. The summed E-state index contributed by atoms with van der Waals surface area (Å²) in [5.74, 6) is -0.122. The molecule has 150 valence electrons. The summed E-state index contributed by atoms with van der Waals surface area (Å²) in [4.78, 5) is 30.3. The van der Waals surface area contributed by atoms with Gasteiger partial charge < -0.3 is 15.0 Å². The molecule has 29 heavy (non-hydrogen) atoms. The maximum absolute atomic E-state index is 12.7. The minimum atomic E-state index is -0.130. The zero-order valence-electron chi connectivity index (χ0n) is 16.5. The number of amides is 2. The van der Waals surface area contributed by atoms with Crippen LogP contribution in [0.25, 0.3) is 10.2 Å². The topological polar surface area (TPSA) is 71.5 Å². The van der Waals surface area contributed by atoms with Crippen molar-refractivity contribution < 1.29 is 14.3 Å². The van der Waals surface area contributed by atoms with Gasteiger partial charge in [-0.05, 0) is 42.8 Å². The molecule has 0 radical (unpaired) electrons. The molecule has 0 atom stereocenters. The van der Waals surface area contributed by atoms with E-state index in [1.807, 2.05) is 11.0 Å². The van der Waals surface area contributed by atoms with Crippen LogP contribution in [-0.4, -0.2) is 40.9 Å². The number of hydrogen-bond acceptors (Lipinski definition) is 5. The highest BCUT2D eigenvalue weighted by atomic mass is 32.1. The number of benzene rings is 2. The lowest BCUT2D eigenvalue weighted by molar-refractivity contribution is -0.114. The Morgan fingerprint density at radius 3 is 2.52 bits per heavy atom. The van der Waals surface area contributed by atoms with Crippen LogP contribution in [0.4, 0.5) is 5.69 Å². The number of anilines is 1. The van der Waals surface area contributed by atoms with Crippen molar-refractivity contribution in [3.63, 3.8) is 0 Å². The Morgan fingerprint density at radius 2 is 1.86 bits per heavy atom. The fourth-order valence-electron chi connectivity index (χ4n) is 3.52. The monoisotopic (exact) mass is 409 g/mol. The molecule has 2 aromatic carbocycles. The molecule has 0 saturated carbocycles. The molecule has 4 rings (SSSR count). The molecule has 1 aliphatic heterocycles. The number of aromatic nitrogens is 1. The Bertz CT molecular complexity index is 1040. The second-order valence-corrected chi connectivity index (χ2v) is 8.26. The molecule has 1 saturated heterocycles. The summed E-state index contributed by atoms with van der Waals surface area (Å²) >= 11 is 1.57. The number of para-hydroxylation sites is 1. The van der Waals surface area contributed by atoms with Crippen LogP contribution in [0.5, 0.6) is 5.19 Å². The van der Waals surface area contributed by atoms with Gasteiger partial charge in [0.1, 0.15) is 6.10 Å². The largest absolute Gasteiger partial charge is 0.467 e. The number of hydrogen-bond donors (Lipinski definition) is 1. The van der Waals surface area contributed by atoms with E-state index in [9.17, 15) is 9.59 Å². The van der Waals surface area contributed by atoms with Gasteiger partial charge in [-0.15, -0.1) is 0 Å². The molecule has 0 spiro atoms. The molecular weight excluding hydrogens is 386 g/mol. The fourth-order valence-corrected chi connectivity index (χ4v) is 4.48. The predicted octanol–water partition coefficient (Wildman–Crippen LogP) is 4.25. The van der Waals surface area contributed by atoms with Gasteiger partial charge in [0.2, 0.25) is 5.91 Å². The summed E-state index contributed by atoms with van der Waals surface area (Å²) in [7, 11) is 0. The van der Waals surface area contributed by atoms with Crippen LogP contribution in [0, 0.1) is 6.92 Å². The molecular formula is C22H23N3O3S. The molecule has 0 unspecified atom stereocenters. The lowest BCUT2D eigenvalue weighted by Crippen LogP contribution is -2.41. The van der Waals surface area contributed by atoms with E-state index < -0.39 is 0 Å². The van der Waals surface area contributed by atoms with E-state index in [1.165, 1.54) is 6.92 Å². The Kier molecular flexibility index (Phi) is 5.49. The summed E-state index contributed by atoms with van der Waals surface area (Å²) in [6.45, 7) is 4.82. The average molecular weight is 410 g/mol. The number of nitrogens with one attached hydrogen (secondary N) is 1. The fraction of sp³-hybridized carbons (Fsp3) is 0.318. The molecule has 1 aliphatic rings. The number of carbonyl (C=O) groups is 2. The number of piperidine rings is 1. The van der Waals surface area contributed by atoms with E-state index >= 15 is 0 Å². The van der Waals surface area contributed by atoms with Gasteiger partial charge in [-0.25, -0.2) is 4.98 Å². The average Bonchev–Trinajstić information content (AvgIpc) is 3.12. The first-order chi connectivity index (χ1) is 14.0. The van der Waals surface area contributed by atoms with Crippen LogP contribution >= 0.6 is 11.3 Å². The Hall–Kier alpha value is -2.93. The number of likely N-dealkylation sites (tertiary alicyclic amines) is 1. The van der Waals surface area contributed by atoms with Gasteiger partial charge in [-0.3, -0.25) is 9.59 Å². The summed E-state index contributed by atoms with van der Waals surface area (Å²) in [6, 6.07) is 13.1. The van der Waals surface area contributed by atoms with E-state index in [1.54, 1.807) is 35.6 Å². The molecule has 0 aliphatic carbocycles.